The van der Waals surface area contributed by atoms with Crippen molar-refractivity contribution in [2.24, 2.45) is 11.8 Å². The van der Waals surface area contributed by atoms with Crippen LogP contribution in [0.1, 0.15) is 30.1 Å². The zero-order valence-electron chi connectivity index (χ0n) is 12.6. The van der Waals surface area contributed by atoms with E-state index in [1.807, 2.05) is 0 Å². The van der Waals surface area contributed by atoms with Crippen molar-refractivity contribution in [2.45, 2.75) is 19.8 Å². The summed E-state index contributed by atoms with van der Waals surface area (Å²) in [6, 6.07) is 2.66. The summed E-state index contributed by atoms with van der Waals surface area (Å²) in [5, 5.41) is 9.04. The number of Topliss-reactive ketones (excluding diaryl/α,β-unsaturated/α-hetero) is 1. The third-order valence-electron chi connectivity index (χ3n) is 4.08. The number of benzene rings is 1. The van der Waals surface area contributed by atoms with Gasteiger partial charge in [0.15, 0.2) is 5.78 Å². The molecular formula is C16H17F2NO4. The summed E-state index contributed by atoms with van der Waals surface area (Å²) in [5.41, 5.74) is -0.252. The van der Waals surface area contributed by atoms with Gasteiger partial charge in [-0.1, -0.05) is 6.92 Å². The van der Waals surface area contributed by atoms with Crippen molar-refractivity contribution >= 4 is 17.7 Å². The Labute approximate surface area is 131 Å². The molecule has 124 valence electrons. The van der Waals surface area contributed by atoms with Gasteiger partial charge in [0.25, 0.3) is 0 Å². The molecule has 1 aromatic rings. The molecule has 1 aliphatic heterocycles. The highest BCUT2D eigenvalue weighted by Crippen LogP contribution is 2.24. The van der Waals surface area contributed by atoms with E-state index < -0.39 is 29.3 Å². The third kappa shape index (κ3) is 3.91. The molecule has 5 nitrogen and oxygen atoms in total. The van der Waals surface area contributed by atoms with Gasteiger partial charge in [-0.05, 0) is 18.1 Å². The molecule has 0 aromatic heterocycles. The largest absolute Gasteiger partial charge is 0.481 e. The Bertz CT molecular complexity index is 647. The highest BCUT2D eigenvalue weighted by Gasteiger charge is 2.36. The molecule has 0 radical (unpaired) electrons. The van der Waals surface area contributed by atoms with E-state index in [1.165, 1.54) is 4.90 Å². The maximum atomic E-state index is 13.5. The van der Waals surface area contributed by atoms with Crippen molar-refractivity contribution in [2.75, 3.05) is 13.1 Å². The normalized spacial score (nSPS) is 20.6. The molecule has 0 aliphatic carbocycles. The number of likely N-dealkylation sites (tertiary alicyclic amines) is 1. The van der Waals surface area contributed by atoms with Gasteiger partial charge >= 0.3 is 5.97 Å². The molecular weight excluding hydrogens is 308 g/mol. The van der Waals surface area contributed by atoms with Crippen LogP contribution in [0.2, 0.25) is 0 Å². The lowest BCUT2D eigenvalue weighted by molar-refractivity contribution is -0.142. The molecule has 0 spiro atoms. The highest BCUT2D eigenvalue weighted by atomic mass is 19.1. The minimum absolute atomic E-state index is 0.119. The van der Waals surface area contributed by atoms with Crippen LogP contribution < -0.4 is 0 Å². The van der Waals surface area contributed by atoms with Gasteiger partial charge in [0.1, 0.15) is 11.6 Å². The van der Waals surface area contributed by atoms with E-state index in [9.17, 15) is 23.2 Å². The number of rotatable bonds is 5. The van der Waals surface area contributed by atoms with Crippen LogP contribution in [0, 0.1) is 23.5 Å². The molecule has 1 saturated heterocycles. The first-order valence-electron chi connectivity index (χ1n) is 7.28. The highest BCUT2D eigenvalue weighted by molar-refractivity contribution is 5.98. The quantitative estimate of drug-likeness (QED) is 0.841. The van der Waals surface area contributed by atoms with Crippen molar-refractivity contribution in [1.29, 1.82) is 0 Å². The number of nitrogens with zero attached hydrogens (tertiary/aromatic N) is 1. The Kier molecular flexibility index (Phi) is 5.08. The zero-order chi connectivity index (χ0) is 17.1. The number of carbonyl (C=O) groups excluding carboxylic acids is 2. The molecule has 0 unspecified atom stereocenters. The summed E-state index contributed by atoms with van der Waals surface area (Å²) >= 11 is 0. The molecule has 1 fully saturated rings. The smallest absolute Gasteiger partial charge is 0.308 e. The van der Waals surface area contributed by atoms with Crippen molar-refractivity contribution in [1.82, 2.24) is 4.90 Å². The van der Waals surface area contributed by atoms with Crippen LogP contribution in [0.5, 0.6) is 0 Å². The lowest BCUT2D eigenvalue weighted by Crippen LogP contribution is -2.30. The Hall–Kier alpha value is -2.31. The van der Waals surface area contributed by atoms with Crippen LogP contribution in [0.15, 0.2) is 18.2 Å². The van der Waals surface area contributed by atoms with Crippen LogP contribution in [-0.4, -0.2) is 40.8 Å². The fraction of sp³-hybridized carbons (Fsp3) is 0.438. The molecule has 1 N–H and O–H groups in total. The molecule has 1 heterocycles. The van der Waals surface area contributed by atoms with Crippen molar-refractivity contribution in [3.05, 3.63) is 35.4 Å². The first-order chi connectivity index (χ1) is 10.8. The minimum atomic E-state index is -0.955. The van der Waals surface area contributed by atoms with E-state index in [2.05, 4.69) is 0 Å². The molecule has 1 aromatic carbocycles. The standard InChI is InChI=1S/C16H17F2NO4/c1-9-7-19(8-12(9)16(22)23)15(21)5-4-14(20)11-3-2-10(17)6-13(11)18/h2-3,6,9,12H,4-5,7-8H2,1H3,(H,22,23)/t9-,12-/m1/s1. The molecule has 1 amide bonds. The molecule has 2 rings (SSSR count). The van der Waals surface area contributed by atoms with Gasteiger partial charge in [-0.3, -0.25) is 14.4 Å². The zero-order valence-corrected chi connectivity index (χ0v) is 12.6. The van der Waals surface area contributed by atoms with Crippen LogP contribution in [0.4, 0.5) is 8.78 Å². The molecule has 1 aliphatic rings. The minimum Gasteiger partial charge on any atom is -0.481 e. The van der Waals surface area contributed by atoms with E-state index >= 15 is 0 Å². The summed E-state index contributed by atoms with van der Waals surface area (Å²) in [6.45, 7) is 2.20. The van der Waals surface area contributed by atoms with Gasteiger partial charge in [0, 0.05) is 32.0 Å². The number of amides is 1. The lowest BCUT2D eigenvalue weighted by Gasteiger charge is -2.15. The SMILES string of the molecule is C[C@@H]1CN(C(=O)CCC(=O)c2ccc(F)cc2F)C[C@H]1C(=O)O. The summed E-state index contributed by atoms with van der Waals surface area (Å²) < 4.78 is 26.3. The monoisotopic (exact) mass is 325 g/mol. The van der Waals surface area contributed by atoms with Crippen LogP contribution in [-0.2, 0) is 9.59 Å². The third-order valence-corrected chi connectivity index (χ3v) is 4.08. The average molecular weight is 325 g/mol. The van der Waals surface area contributed by atoms with Gasteiger partial charge in [-0.2, -0.15) is 0 Å². The summed E-state index contributed by atoms with van der Waals surface area (Å²) in [6.07, 6.45) is -0.335. The summed E-state index contributed by atoms with van der Waals surface area (Å²) in [7, 11) is 0. The van der Waals surface area contributed by atoms with Gasteiger partial charge in [-0.25, -0.2) is 8.78 Å². The van der Waals surface area contributed by atoms with Crippen LogP contribution >= 0.6 is 0 Å². The topological polar surface area (TPSA) is 74.7 Å². The van der Waals surface area contributed by atoms with Crippen molar-refractivity contribution in [3.63, 3.8) is 0 Å². The summed E-state index contributed by atoms with van der Waals surface area (Å²) in [5.74, 6) is -4.36. The predicted molar refractivity (Wildman–Crippen MR) is 76.8 cm³/mol. The van der Waals surface area contributed by atoms with Gasteiger partial charge < -0.3 is 10.0 Å². The Morgan fingerprint density at radius 2 is 1.91 bits per heavy atom. The van der Waals surface area contributed by atoms with E-state index in [1.54, 1.807) is 6.92 Å². The van der Waals surface area contributed by atoms with Gasteiger partial charge in [-0.15, -0.1) is 0 Å². The fourth-order valence-electron chi connectivity index (χ4n) is 2.72. The number of carboxylic acids is 1. The van der Waals surface area contributed by atoms with Gasteiger partial charge in [0.05, 0.1) is 11.5 Å². The van der Waals surface area contributed by atoms with Crippen LogP contribution in [0.25, 0.3) is 0 Å². The van der Waals surface area contributed by atoms with Crippen LogP contribution in [0.3, 0.4) is 0 Å². The second kappa shape index (κ2) is 6.85. The first-order valence-corrected chi connectivity index (χ1v) is 7.28. The van der Waals surface area contributed by atoms with Gasteiger partial charge in [0.2, 0.25) is 5.91 Å². The Morgan fingerprint density at radius 3 is 2.48 bits per heavy atom. The molecule has 23 heavy (non-hydrogen) atoms. The van der Waals surface area contributed by atoms with E-state index in [-0.39, 0.29) is 36.8 Å². The molecule has 0 bridgehead atoms. The second-order valence-electron chi connectivity index (χ2n) is 5.77. The van der Waals surface area contributed by atoms with Crippen molar-refractivity contribution < 1.29 is 28.3 Å². The number of hydrogen-bond acceptors (Lipinski definition) is 3. The number of aliphatic carboxylic acids is 1. The molecule has 7 heteroatoms. The second-order valence-corrected chi connectivity index (χ2v) is 5.77. The predicted octanol–water partition coefficient (Wildman–Crippen LogP) is 2.11. The van der Waals surface area contributed by atoms with E-state index in [0.29, 0.717) is 12.6 Å². The number of carboxylic acid groups (broad SMARTS) is 1. The van der Waals surface area contributed by atoms with E-state index in [4.69, 9.17) is 5.11 Å². The lowest BCUT2D eigenvalue weighted by atomic mass is 9.99. The maximum Gasteiger partial charge on any atom is 0.308 e. The number of hydrogen-bond donors (Lipinski definition) is 1. The Morgan fingerprint density at radius 1 is 1.22 bits per heavy atom. The number of carbonyl (C=O) groups is 3. The molecule has 0 saturated carbocycles. The summed E-state index contributed by atoms with van der Waals surface area (Å²) in [4.78, 5) is 36.4. The fourth-order valence-corrected chi connectivity index (χ4v) is 2.72. The van der Waals surface area contributed by atoms with E-state index in [0.717, 1.165) is 12.1 Å². The number of halogens is 2. The first kappa shape index (κ1) is 17.1. The Balaban J connectivity index is 1.92. The molecule has 2 atom stereocenters. The van der Waals surface area contributed by atoms with Crippen molar-refractivity contribution in [3.8, 4) is 0 Å². The average Bonchev–Trinajstić information content (AvgIpc) is 2.86. The maximum absolute atomic E-state index is 13.5. The number of ketones is 1.